The Balaban J connectivity index is 0.889. The minimum atomic E-state index is -0.818. The predicted molar refractivity (Wildman–Crippen MR) is 222 cm³/mol. The first kappa shape index (κ1) is 40.9. The predicted octanol–water partition coefficient (Wildman–Crippen LogP) is 6.05. The average molecular weight is 795 g/mol. The van der Waals surface area contributed by atoms with Gasteiger partial charge >= 0.3 is 5.97 Å². The highest BCUT2D eigenvalue weighted by atomic mass is 16.5. The monoisotopic (exact) mass is 794 g/mol. The first-order chi connectivity index (χ1) is 28.2. The molecule has 2 aromatic carbocycles. The van der Waals surface area contributed by atoms with E-state index < -0.39 is 12.0 Å². The van der Waals surface area contributed by atoms with Gasteiger partial charge in [-0.05, 0) is 94.5 Å². The van der Waals surface area contributed by atoms with E-state index in [1.165, 1.54) is 0 Å². The first-order valence-electron chi connectivity index (χ1n) is 21.2. The lowest BCUT2D eigenvalue weighted by Gasteiger charge is -2.43. The number of benzene rings is 2. The maximum absolute atomic E-state index is 13.4. The molecule has 3 amide bonds. The number of hydrogen-bond acceptors (Lipinski definition) is 11. The fourth-order valence-electron chi connectivity index (χ4n) is 8.93. The summed E-state index contributed by atoms with van der Waals surface area (Å²) in [6.07, 6.45) is 13.1. The molecule has 4 aliphatic rings. The highest BCUT2D eigenvalue weighted by Crippen LogP contribution is 2.40. The zero-order valence-electron chi connectivity index (χ0n) is 34.1. The Hall–Kier alpha value is -5.24. The molecule has 2 saturated carbocycles. The molecule has 0 unspecified atom stereocenters. The number of carbonyl (C=O) groups is 4. The molecule has 310 valence electrons. The molecule has 3 fully saturated rings. The Kier molecular flexibility index (Phi) is 13.4. The van der Waals surface area contributed by atoms with Crippen molar-refractivity contribution in [3.63, 3.8) is 0 Å². The second-order valence-electron chi connectivity index (χ2n) is 16.1. The van der Waals surface area contributed by atoms with Crippen LogP contribution in [0.4, 0.5) is 23.1 Å². The fourth-order valence-corrected chi connectivity index (χ4v) is 8.93. The number of likely N-dealkylation sites (tertiary alicyclic amines) is 1. The molecule has 3 N–H and O–H groups in total. The number of likely N-dealkylation sites (N-methyl/N-ethyl adjacent to an activating group) is 1. The molecule has 2 atom stereocenters. The normalized spacial score (nSPS) is 19.8. The van der Waals surface area contributed by atoms with Crippen LogP contribution in [0.3, 0.4) is 0 Å². The zero-order valence-corrected chi connectivity index (χ0v) is 34.1. The number of amides is 3. The molecule has 0 spiro atoms. The summed E-state index contributed by atoms with van der Waals surface area (Å²) in [5.41, 5.74) is 2.53. The Bertz CT molecular complexity index is 1910. The first-order valence-corrected chi connectivity index (χ1v) is 21.2. The van der Waals surface area contributed by atoms with Crippen LogP contribution < -0.4 is 30.5 Å². The molecular formula is C44H58N8O6. The SMILES string of the molecule is CC[C@@H]1C(=O)N(C)c2cnc(Nc3ccc(C(=O)NC4CCN(CCCC(=O)N[C@H](C(=O)OC5CCCC5)c5ccccc5)CC4)cc3OC)nc2N1C1CCCC1. The van der Waals surface area contributed by atoms with Crippen LogP contribution in [0.2, 0.25) is 0 Å². The van der Waals surface area contributed by atoms with Crippen LogP contribution in [0.15, 0.2) is 54.7 Å². The van der Waals surface area contributed by atoms with Crippen LogP contribution in [0, 0.1) is 0 Å². The van der Waals surface area contributed by atoms with E-state index in [2.05, 4.69) is 30.7 Å². The third-order valence-corrected chi connectivity index (χ3v) is 12.2. The zero-order chi connectivity index (χ0) is 40.6. The van der Waals surface area contributed by atoms with Crippen LogP contribution in [-0.4, -0.2) is 96.6 Å². The highest BCUT2D eigenvalue weighted by molar-refractivity contribution is 6.04. The number of ether oxygens (including phenoxy) is 2. The van der Waals surface area contributed by atoms with Crippen LogP contribution in [0.1, 0.15) is 112 Å². The van der Waals surface area contributed by atoms with E-state index in [4.69, 9.17) is 14.5 Å². The number of nitrogens with one attached hydrogen (secondary N) is 3. The van der Waals surface area contributed by atoms with E-state index in [-0.39, 0.29) is 42.0 Å². The number of aromatic nitrogens is 2. The number of hydrogen-bond donors (Lipinski definition) is 3. The molecule has 0 bridgehead atoms. The maximum atomic E-state index is 13.4. The van der Waals surface area contributed by atoms with Gasteiger partial charge in [-0.1, -0.05) is 50.1 Å². The molecule has 58 heavy (non-hydrogen) atoms. The Labute approximate surface area is 341 Å². The quantitative estimate of drug-likeness (QED) is 0.154. The van der Waals surface area contributed by atoms with Crippen molar-refractivity contribution in [3.8, 4) is 5.75 Å². The summed E-state index contributed by atoms with van der Waals surface area (Å²) in [5, 5.41) is 9.42. The van der Waals surface area contributed by atoms with E-state index in [0.29, 0.717) is 47.9 Å². The van der Waals surface area contributed by atoms with Crippen molar-refractivity contribution in [2.75, 3.05) is 48.9 Å². The second kappa shape index (κ2) is 19.0. The van der Waals surface area contributed by atoms with E-state index in [1.807, 2.05) is 37.3 Å². The minimum absolute atomic E-state index is 0.0250. The van der Waals surface area contributed by atoms with Gasteiger partial charge in [0.25, 0.3) is 5.91 Å². The number of piperidine rings is 1. The lowest BCUT2D eigenvalue weighted by molar-refractivity contribution is -0.153. The lowest BCUT2D eigenvalue weighted by Crippen LogP contribution is -2.55. The summed E-state index contributed by atoms with van der Waals surface area (Å²) >= 11 is 0. The van der Waals surface area contributed by atoms with Gasteiger partial charge in [-0.2, -0.15) is 4.98 Å². The van der Waals surface area contributed by atoms with Gasteiger partial charge in [-0.25, -0.2) is 9.78 Å². The molecule has 7 rings (SSSR count). The standard InChI is InChI=1S/C44H58N8O6/c1-4-35-42(55)50(2)36-28-45-44(49-40(36)52(35)32-15-8-9-16-32)47-34-21-20-30(27-37(34)57-3)41(54)46-31-22-25-51(26-23-31)24-12-19-38(53)48-39(29-13-6-5-7-14-29)43(56)58-33-17-10-11-18-33/h5-7,13-14,20-21,27-28,31-33,35,39H,4,8-12,15-19,22-26H2,1-3H3,(H,46,54)(H,48,53)(H,45,47,49)/t35-,39+/m1/s1. The Morgan fingerprint density at radius 2 is 1.67 bits per heavy atom. The fraction of sp³-hybridized carbons (Fsp3) is 0.545. The van der Waals surface area contributed by atoms with E-state index in [1.54, 1.807) is 43.5 Å². The maximum Gasteiger partial charge on any atom is 0.333 e. The van der Waals surface area contributed by atoms with Crippen molar-refractivity contribution in [2.45, 2.75) is 121 Å². The number of anilines is 4. The summed E-state index contributed by atoms with van der Waals surface area (Å²) < 4.78 is 11.5. The van der Waals surface area contributed by atoms with Crippen molar-refractivity contribution < 1.29 is 28.7 Å². The van der Waals surface area contributed by atoms with Gasteiger partial charge in [-0.3, -0.25) is 14.4 Å². The molecule has 2 aliphatic heterocycles. The summed E-state index contributed by atoms with van der Waals surface area (Å²) in [6, 6.07) is 13.8. The van der Waals surface area contributed by atoms with Gasteiger partial charge in [0.05, 0.1) is 19.0 Å². The van der Waals surface area contributed by atoms with Gasteiger partial charge in [0.1, 0.15) is 23.6 Å². The van der Waals surface area contributed by atoms with Crippen LogP contribution in [0.25, 0.3) is 0 Å². The van der Waals surface area contributed by atoms with Crippen LogP contribution in [-0.2, 0) is 19.1 Å². The van der Waals surface area contributed by atoms with Crippen molar-refractivity contribution in [1.82, 2.24) is 25.5 Å². The van der Waals surface area contributed by atoms with Gasteiger partial charge in [0.15, 0.2) is 11.9 Å². The third-order valence-electron chi connectivity index (χ3n) is 12.2. The molecule has 3 aromatic rings. The summed E-state index contributed by atoms with van der Waals surface area (Å²) in [4.78, 5) is 68.5. The van der Waals surface area contributed by atoms with E-state index in [9.17, 15) is 19.2 Å². The lowest BCUT2D eigenvalue weighted by atomic mass is 10.0. The Morgan fingerprint density at radius 1 is 0.948 bits per heavy atom. The van der Waals surface area contributed by atoms with Crippen LogP contribution >= 0.6 is 0 Å². The van der Waals surface area contributed by atoms with Gasteiger partial charge in [-0.15, -0.1) is 0 Å². The molecule has 1 aromatic heterocycles. The van der Waals surface area contributed by atoms with Crippen molar-refractivity contribution in [3.05, 3.63) is 65.9 Å². The van der Waals surface area contributed by atoms with Crippen LogP contribution in [0.5, 0.6) is 5.75 Å². The molecule has 0 radical (unpaired) electrons. The van der Waals surface area contributed by atoms with E-state index in [0.717, 1.165) is 95.2 Å². The van der Waals surface area contributed by atoms with E-state index >= 15 is 0 Å². The second-order valence-corrected chi connectivity index (χ2v) is 16.1. The minimum Gasteiger partial charge on any atom is -0.495 e. The number of rotatable bonds is 15. The number of nitrogens with zero attached hydrogens (tertiary/aromatic N) is 5. The number of methoxy groups -OCH3 is 1. The van der Waals surface area contributed by atoms with Crippen molar-refractivity contribution in [2.24, 2.45) is 0 Å². The number of fused-ring (bicyclic) bond motifs is 1. The summed E-state index contributed by atoms with van der Waals surface area (Å²) in [6.45, 7) is 4.41. The molecular weight excluding hydrogens is 737 g/mol. The average Bonchev–Trinajstić information content (AvgIpc) is 3.98. The number of esters is 1. The van der Waals surface area contributed by atoms with Crippen molar-refractivity contribution >= 4 is 46.8 Å². The molecule has 14 heteroatoms. The number of carbonyl (C=O) groups excluding carboxylic acids is 4. The Morgan fingerprint density at radius 3 is 2.38 bits per heavy atom. The third kappa shape index (κ3) is 9.54. The van der Waals surface area contributed by atoms with Gasteiger partial charge in [0, 0.05) is 44.2 Å². The topological polar surface area (TPSA) is 158 Å². The highest BCUT2D eigenvalue weighted by Gasteiger charge is 2.41. The largest absolute Gasteiger partial charge is 0.495 e. The smallest absolute Gasteiger partial charge is 0.333 e. The van der Waals surface area contributed by atoms with Gasteiger partial charge in [0.2, 0.25) is 17.8 Å². The molecule has 1 saturated heterocycles. The summed E-state index contributed by atoms with van der Waals surface area (Å²) in [5.74, 6) is 0.958. The molecule has 2 aliphatic carbocycles. The summed E-state index contributed by atoms with van der Waals surface area (Å²) in [7, 11) is 3.35. The van der Waals surface area contributed by atoms with Crippen molar-refractivity contribution in [1.29, 1.82) is 0 Å². The van der Waals surface area contributed by atoms with Gasteiger partial charge < -0.3 is 40.1 Å². The molecule has 3 heterocycles. The molecule has 14 nitrogen and oxygen atoms in total.